The number of benzene rings is 2. The van der Waals surface area contributed by atoms with Gasteiger partial charge in [-0.2, -0.15) is 0 Å². The molecule has 4 nitrogen and oxygen atoms in total. The molecule has 1 N–H and O–H groups in total. The first-order chi connectivity index (χ1) is 11.6. The van der Waals surface area contributed by atoms with Crippen molar-refractivity contribution in [2.75, 3.05) is 20.2 Å². The van der Waals surface area contributed by atoms with Crippen LogP contribution in [0.5, 0.6) is 5.75 Å². The van der Waals surface area contributed by atoms with E-state index in [1.165, 1.54) is 0 Å². The maximum absolute atomic E-state index is 12.7. The van der Waals surface area contributed by atoms with Gasteiger partial charge < -0.3 is 14.7 Å². The van der Waals surface area contributed by atoms with Crippen LogP contribution in [0.15, 0.2) is 42.5 Å². The van der Waals surface area contributed by atoms with E-state index in [1.54, 1.807) is 24.1 Å². The van der Waals surface area contributed by atoms with Gasteiger partial charge in [0.2, 0.25) is 0 Å². The Morgan fingerprint density at radius 1 is 1.29 bits per heavy atom. The third-order valence-electron chi connectivity index (χ3n) is 4.27. The molecule has 1 fully saturated rings. The van der Waals surface area contributed by atoms with E-state index in [1.807, 2.05) is 30.3 Å². The molecule has 2 aromatic carbocycles. The van der Waals surface area contributed by atoms with Crippen LogP contribution < -0.4 is 4.74 Å². The Kier molecular flexibility index (Phi) is 5.07. The Bertz CT molecular complexity index is 747. The monoisotopic (exact) mass is 345 g/mol. The number of β-amino-alcohol motifs (C(OH)–C–C–N with tert-alkyl or cyclic N) is 1. The Labute approximate surface area is 146 Å². The van der Waals surface area contributed by atoms with Crippen molar-refractivity contribution in [2.24, 2.45) is 0 Å². The van der Waals surface area contributed by atoms with E-state index in [0.29, 0.717) is 29.4 Å². The lowest BCUT2D eigenvalue weighted by molar-refractivity contribution is 0.0474. The molecule has 0 radical (unpaired) electrons. The minimum atomic E-state index is -0.432. The van der Waals surface area contributed by atoms with Crippen molar-refractivity contribution >= 4 is 17.5 Å². The van der Waals surface area contributed by atoms with Crippen molar-refractivity contribution in [3.63, 3.8) is 0 Å². The fraction of sp³-hybridized carbons (Fsp3) is 0.316. The number of amides is 1. The van der Waals surface area contributed by atoms with E-state index >= 15 is 0 Å². The van der Waals surface area contributed by atoms with E-state index in [0.717, 1.165) is 24.0 Å². The predicted octanol–water partition coefficient (Wildman–Crippen LogP) is 3.61. The summed E-state index contributed by atoms with van der Waals surface area (Å²) < 4.78 is 5.40. The number of rotatable bonds is 3. The fourth-order valence-electron chi connectivity index (χ4n) is 3.05. The second-order valence-electron chi connectivity index (χ2n) is 5.97. The van der Waals surface area contributed by atoms with Crippen molar-refractivity contribution in [1.29, 1.82) is 0 Å². The molecule has 1 aliphatic rings. The lowest BCUT2D eigenvalue weighted by Gasteiger charge is -2.30. The van der Waals surface area contributed by atoms with Gasteiger partial charge in [0.1, 0.15) is 5.75 Å². The third-order valence-corrected chi connectivity index (χ3v) is 4.50. The van der Waals surface area contributed by atoms with E-state index < -0.39 is 6.10 Å². The molecule has 0 unspecified atom stereocenters. The largest absolute Gasteiger partial charge is 0.496 e. The number of carbonyl (C=O) groups is 1. The van der Waals surface area contributed by atoms with Crippen molar-refractivity contribution in [3.05, 3.63) is 53.1 Å². The molecule has 1 amide bonds. The number of methoxy groups -OCH3 is 1. The maximum atomic E-state index is 12.7. The molecule has 0 saturated carbocycles. The van der Waals surface area contributed by atoms with Gasteiger partial charge in [-0.1, -0.05) is 23.7 Å². The first-order valence-electron chi connectivity index (χ1n) is 8.00. The molecule has 0 aromatic heterocycles. The molecule has 0 bridgehead atoms. The van der Waals surface area contributed by atoms with Crippen LogP contribution in [-0.4, -0.2) is 42.2 Å². The van der Waals surface area contributed by atoms with Crippen molar-refractivity contribution in [1.82, 2.24) is 4.90 Å². The van der Waals surface area contributed by atoms with Crippen LogP contribution in [0.1, 0.15) is 23.2 Å². The molecular weight excluding hydrogens is 326 g/mol. The van der Waals surface area contributed by atoms with E-state index in [9.17, 15) is 9.90 Å². The number of nitrogens with zero attached hydrogens (tertiary/aromatic N) is 1. The number of likely N-dealkylation sites (tertiary alicyclic amines) is 1. The molecule has 1 atom stereocenters. The molecule has 5 heteroatoms. The number of ether oxygens (including phenoxy) is 1. The minimum Gasteiger partial charge on any atom is -0.496 e. The van der Waals surface area contributed by atoms with Gasteiger partial charge in [-0.3, -0.25) is 4.79 Å². The molecule has 0 spiro atoms. The summed E-state index contributed by atoms with van der Waals surface area (Å²) in [4.78, 5) is 14.4. The number of hydrogen-bond acceptors (Lipinski definition) is 3. The van der Waals surface area contributed by atoms with Crippen LogP contribution in [0.4, 0.5) is 0 Å². The highest BCUT2D eigenvalue weighted by molar-refractivity contribution is 6.31. The maximum Gasteiger partial charge on any atom is 0.253 e. The number of hydrogen-bond donors (Lipinski definition) is 1. The van der Waals surface area contributed by atoms with Gasteiger partial charge >= 0.3 is 0 Å². The molecule has 126 valence electrons. The molecular formula is C19H20ClNO3. The van der Waals surface area contributed by atoms with Gasteiger partial charge in [-0.15, -0.1) is 0 Å². The summed E-state index contributed by atoms with van der Waals surface area (Å²) in [6, 6.07) is 12.8. The Hall–Kier alpha value is -2.04. The SMILES string of the molecule is COc1ccc(Cl)cc1-c1cccc(C(=O)N2CCC[C@@H](O)C2)c1. The minimum absolute atomic E-state index is 0.0587. The summed E-state index contributed by atoms with van der Waals surface area (Å²) in [5.74, 6) is 0.647. The van der Waals surface area contributed by atoms with Gasteiger partial charge in [-0.25, -0.2) is 0 Å². The quantitative estimate of drug-likeness (QED) is 0.924. The number of halogens is 1. The summed E-state index contributed by atoms with van der Waals surface area (Å²) in [5, 5.41) is 10.4. The molecule has 1 aliphatic heterocycles. The van der Waals surface area contributed by atoms with E-state index in [-0.39, 0.29) is 5.91 Å². The second kappa shape index (κ2) is 7.24. The molecule has 24 heavy (non-hydrogen) atoms. The highest BCUT2D eigenvalue weighted by Crippen LogP contribution is 2.33. The Morgan fingerprint density at radius 2 is 2.12 bits per heavy atom. The first-order valence-corrected chi connectivity index (χ1v) is 8.37. The van der Waals surface area contributed by atoms with Crippen LogP contribution in [0.25, 0.3) is 11.1 Å². The average molecular weight is 346 g/mol. The van der Waals surface area contributed by atoms with Gasteiger partial charge in [0.15, 0.2) is 0 Å². The standard InChI is InChI=1S/C19H20ClNO3/c1-24-18-8-7-15(20)11-17(18)13-4-2-5-14(10-13)19(23)21-9-3-6-16(22)12-21/h2,4-5,7-8,10-11,16,22H,3,6,9,12H2,1H3/t16-/m1/s1. The topological polar surface area (TPSA) is 49.8 Å². The summed E-state index contributed by atoms with van der Waals surface area (Å²) >= 11 is 6.11. The van der Waals surface area contributed by atoms with Gasteiger partial charge in [0.25, 0.3) is 5.91 Å². The third kappa shape index (κ3) is 3.55. The zero-order valence-electron chi connectivity index (χ0n) is 13.5. The smallest absolute Gasteiger partial charge is 0.253 e. The average Bonchev–Trinajstić information content (AvgIpc) is 2.61. The zero-order valence-corrected chi connectivity index (χ0v) is 14.3. The number of aliphatic hydroxyl groups excluding tert-OH is 1. The van der Waals surface area contributed by atoms with Crippen LogP contribution in [0.3, 0.4) is 0 Å². The van der Waals surface area contributed by atoms with Gasteiger partial charge in [0.05, 0.1) is 13.2 Å². The normalized spacial score (nSPS) is 17.6. The molecule has 1 saturated heterocycles. The molecule has 0 aliphatic carbocycles. The summed E-state index contributed by atoms with van der Waals surface area (Å²) in [6.45, 7) is 1.07. The van der Waals surface area contributed by atoms with E-state index in [2.05, 4.69) is 0 Å². The van der Waals surface area contributed by atoms with E-state index in [4.69, 9.17) is 16.3 Å². The number of aliphatic hydroxyl groups is 1. The van der Waals surface area contributed by atoms with Crippen molar-refractivity contribution in [2.45, 2.75) is 18.9 Å². The lowest BCUT2D eigenvalue weighted by Crippen LogP contribution is -2.42. The highest BCUT2D eigenvalue weighted by atomic mass is 35.5. The zero-order chi connectivity index (χ0) is 17.1. The number of carbonyl (C=O) groups excluding carboxylic acids is 1. The van der Waals surface area contributed by atoms with Gasteiger partial charge in [-0.05, 0) is 48.7 Å². The fourth-order valence-corrected chi connectivity index (χ4v) is 3.22. The van der Waals surface area contributed by atoms with Crippen LogP contribution in [-0.2, 0) is 0 Å². The lowest BCUT2D eigenvalue weighted by atomic mass is 10.0. The first kappa shape index (κ1) is 16.8. The summed E-state index contributed by atoms with van der Waals surface area (Å²) in [5.41, 5.74) is 2.32. The number of piperidine rings is 1. The summed E-state index contributed by atoms with van der Waals surface area (Å²) in [6.07, 6.45) is 1.15. The second-order valence-corrected chi connectivity index (χ2v) is 6.41. The van der Waals surface area contributed by atoms with Crippen LogP contribution in [0, 0.1) is 0 Å². The Morgan fingerprint density at radius 3 is 2.88 bits per heavy atom. The van der Waals surface area contributed by atoms with Gasteiger partial charge in [0, 0.05) is 29.2 Å². The molecule has 3 rings (SSSR count). The van der Waals surface area contributed by atoms with Crippen molar-refractivity contribution < 1.29 is 14.6 Å². The highest BCUT2D eigenvalue weighted by Gasteiger charge is 2.23. The van der Waals surface area contributed by atoms with Crippen LogP contribution in [0.2, 0.25) is 5.02 Å². The van der Waals surface area contributed by atoms with Crippen molar-refractivity contribution in [3.8, 4) is 16.9 Å². The predicted molar refractivity (Wildman–Crippen MR) is 94.6 cm³/mol. The molecule has 1 heterocycles. The molecule has 2 aromatic rings. The summed E-state index contributed by atoms with van der Waals surface area (Å²) in [7, 11) is 1.61. The Balaban J connectivity index is 1.92. The van der Waals surface area contributed by atoms with Crippen LogP contribution >= 0.6 is 11.6 Å².